The first kappa shape index (κ1) is 12.9. The Morgan fingerprint density at radius 1 is 1.39 bits per heavy atom. The van der Waals surface area contributed by atoms with E-state index in [1.807, 2.05) is 13.8 Å². The van der Waals surface area contributed by atoms with Crippen LogP contribution in [0.4, 0.5) is 10.5 Å². The van der Waals surface area contributed by atoms with Crippen LogP contribution >= 0.6 is 11.6 Å². The molecule has 0 bridgehead atoms. The van der Waals surface area contributed by atoms with Crippen LogP contribution in [0.15, 0.2) is 24.3 Å². The third-order valence-electron chi connectivity index (χ3n) is 3.09. The first-order valence-corrected chi connectivity index (χ1v) is 6.26. The summed E-state index contributed by atoms with van der Waals surface area (Å²) < 4.78 is 0. The van der Waals surface area contributed by atoms with Gasteiger partial charge in [0.1, 0.15) is 0 Å². The molecule has 0 aromatic heterocycles. The Kier molecular flexibility index (Phi) is 3.57. The molecule has 0 spiro atoms. The van der Waals surface area contributed by atoms with Crippen molar-refractivity contribution in [3.8, 4) is 0 Å². The number of imide groups is 1. The molecule has 1 saturated heterocycles. The summed E-state index contributed by atoms with van der Waals surface area (Å²) in [5.74, 6) is -0.183. The lowest BCUT2D eigenvalue weighted by Gasteiger charge is -2.33. The minimum absolute atomic E-state index is 0.170. The van der Waals surface area contributed by atoms with Crippen molar-refractivity contribution in [2.24, 2.45) is 11.8 Å². The summed E-state index contributed by atoms with van der Waals surface area (Å²) in [6, 6.07) is 6.35. The second kappa shape index (κ2) is 4.98. The summed E-state index contributed by atoms with van der Waals surface area (Å²) in [5, 5.41) is 3.23. The molecule has 1 aromatic rings. The standard InChI is InChI=1S/C13H15ClN2O2/c1-8(2)11-7-15-13(18)16(12(11)17)10-5-3-4-9(14)6-10/h3-6,8,11H,7H2,1-2H3,(H,15,18). The number of hydrogen-bond acceptors (Lipinski definition) is 2. The zero-order valence-electron chi connectivity index (χ0n) is 10.3. The fraction of sp³-hybridized carbons (Fsp3) is 0.385. The van der Waals surface area contributed by atoms with Crippen molar-refractivity contribution in [1.29, 1.82) is 0 Å². The minimum Gasteiger partial charge on any atom is -0.337 e. The van der Waals surface area contributed by atoms with Crippen LogP contribution < -0.4 is 10.2 Å². The fourth-order valence-corrected chi connectivity index (χ4v) is 2.19. The normalized spacial score (nSPS) is 20.2. The maximum Gasteiger partial charge on any atom is 0.328 e. The Morgan fingerprint density at radius 2 is 2.11 bits per heavy atom. The molecule has 1 atom stereocenters. The molecule has 5 heteroatoms. The van der Waals surface area contributed by atoms with E-state index in [1.54, 1.807) is 24.3 Å². The summed E-state index contributed by atoms with van der Waals surface area (Å²) in [7, 11) is 0. The van der Waals surface area contributed by atoms with Gasteiger partial charge in [-0.15, -0.1) is 0 Å². The number of nitrogens with one attached hydrogen (secondary N) is 1. The van der Waals surface area contributed by atoms with E-state index < -0.39 is 0 Å². The van der Waals surface area contributed by atoms with E-state index in [2.05, 4.69) is 5.32 Å². The fourth-order valence-electron chi connectivity index (χ4n) is 2.01. The van der Waals surface area contributed by atoms with E-state index in [0.717, 1.165) is 0 Å². The van der Waals surface area contributed by atoms with Gasteiger partial charge < -0.3 is 5.32 Å². The van der Waals surface area contributed by atoms with Gasteiger partial charge in [-0.05, 0) is 24.1 Å². The Balaban J connectivity index is 2.35. The molecule has 0 aliphatic carbocycles. The number of amides is 3. The highest BCUT2D eigenvalue weighted by Crippen LogP contribution is 2.25. The Bertz CT molecular complexity index is 488. The highest BCUT2D eigenvalue weighted by molar-refractivity contribution is 6.31. The molecule has 2 rings (SSSR count). The molecule has 1 aliphatic heterocycles. The number of hydrogen-bond donors (Lipinski definition) is 1. The van der Waals surface area contributed by atoms with Crippen LogP contribution in [0.25, 0.3) is 0 Å². The molecule has 1 aliphatic rings. The summed E-state index contributed by atoms with van der Waals surface area (Å²) in [6.45, 7) is 4.33. The highest BCUT2D eigenvalue weighted by atomic mass is 35.5. The highest BCUT2D eigenvalue weighted by Gasteiger charge is 2.36. The largest absolute Gasteiger partial charge is 0.337 e. The average Bonchev–Trinajstić information content (AvgIpc) is 2.28. The van der Waals surface area contributed by atoms with Crippen LogP contribution in [0.5, 0.6) is 0 Å². The molecule has 4 nitrogen and oxygen atoms in total. The van der Waals surface area contributed by atoms with E-state index in [9.17, 15) is 9.59 Å². The van der Waals surface area contributed by atoms with Gasteiger partial charge in [-0.2, -0.15) is 0 Å². The van der Waals surface area contributed by atoms with Gasteiger partial charge in [-0.25, -0.2) is 9.69 Å². The molecule has 0 radical (unpaired) electrons. The lowest BCUT2D eigenvalue weighted by atomic mass is 9.92. The van der Waals surface area contributed by atoms with E-state index >= 15 is 0 Å². The lowest BCUT2D eigenvalue weighted by Crippen LogP contribution is -2.56. The molecule has 3 amide bonds. The lowest BCUT2D eigenvalue weighted by molar-refractivity contribution is -0.123. The maximum atomic E-state index is 12.3. The minimum atomic E-state index is -0.390. The Morgan fingerprint density at radius 3 is 2.72 bits per heavy atom. The number of urea groups is 1. The van der Waals surface area contributed by atoms with Crippen LogP contribution in [0.3, 0.4) is 0 Å². The molecule has 0 saturated carbocycles. The maximum absolute atomic E-state index is 12.3. The van der Waals surface area contributed by atoms with Gasteiger partial charge in [-0.3, -0.25) is 4.79 Å². The van der Waals surface area contributed by atoms with E-state index in [-0.39, 0.29) is 23.8 Å². The Labute approximate surface area is 111 Å². The van der Waals surface area contributed by atoms with Gasteiger partial charge >= 0.3 is 6.03 Å². The first-order valence-electron chi connectivity index (χ1n) is 5.88. The van der Waals surface area contributed by atoms with E-state index in [4.69, 9.17) is 11.6 Å². The van der Waals surface area contributed by atoms with Crippen molar-refractivity contribution >= 4 is 29.2 Å². The van der Waals surface area contributed by atoms with E-state index in [0.29, 0.717) is 17.3 Å². The number of carbonyl (C=O) groups is 2. The smallest absolute Gasteiger partial charge is 0.328 e. The van der Waals surface area contributed by atoms with Crippen molar-refractivity contribution in [2.75, 3.05) is 11.4 Å². The monoisotopic (exact) mass is 266 g/mol. The van der Waals surface area contributed by atoms with Crippen molar-refractivity contribution in [1.82, 2.24) is 5.32 Å². The molecular weight excluding hydrogens is 252 g/mol. The van der Waals surface area contributed by atoms with Gasteiger partial charge in [0.05, 0.1) is 11.6 Å². The van der Waals surface area contributed by atoms with Crippen LogP contribution in [-0.2, 0) is 4.79 Å². The van der Waals surface area contributed by atoms with Crippen LogP contribution in [-0.4, -0.2) is 18.5 Å². The average molecular weight is 267 g/mol. The second-order valence-corrected chi connectivity index (χ2v) is 5.13. The summed E-state index contributed by atoms with van der Waals surface area (Å²) in [6.07, 6.45) is 0. The Hall–Kier alpha value is -1.55. The third kappa shape index (κ3) is 2.34. The van der Waals surface area contributed by atoms with Crippen molar-refractivity contribution in [3.05, 3.63) is 29.3 Å². The number of anilines is 1. The number of halogens is 1. The molecule has 1 fully saturated rings. The van der Waals surface area contributed by atoms with Crippen molar-refractivity contribution in [3.63, 3.8) is 0 Å². The SMILES string of the molecule is CC(C)C1CNC(=O)N(c2cccc(Cl)c2)C1=O. The molecular formula is C13H15ClN2O2. The number of carbonyl (C=O) groups excluding carboxylic acids is 2. The predicted octanol–water partition coefficient (Wildman–Crippen LogP) is 2.67. The van der Waals surface area contributed by atoms with E-state index in [1.165, 1.54) is 4.90 Å². The van der Waals surface area contributed by atoms with Gasteiger partial charge in [0, 0.05) is 11.6 Å². The van der Waals surface area contributed by atoms with Gasteiger partial charge in [0.15, 0.2) is 0 Å². The number of rotatable bonds is 2. The number of benzene rings is 1. The topological polar surface area (TPSA) is 49.4 Å². The quantitative estimate of drug-likeness (QED) is 0.895. The van der Waals surface area contributed by atoms with Gasteiger partial charge in [0.2, 0.25) is 5.91 Å². The van der Waals surface area contributed by atoms with Crippen LogP contribution in [0, 0.1) is 11.8 Å². The third-order valence-corrected chi connectivity index (χ3v) is 3.32. The molecule has 96 valence electrons. The molecule has 1 heterocycles. The van der Waals surface area contributed by atoms with Crippen molar-refractivity contribution < 1.29 is 9.59 Å². The van der Waals surface area contributed by atoms with Crippen LogP contribution in [0.1, 0.15) is 13.8 Å². The zero-order chi connectivity index (χ0) is 13.3. The predicted molar refractivity (Wildman–Crippen MR) is 70.7 cm³/mol. The molecule has 1 aromatic carbocycles. The van der Waals surface area contributed by atoms with Gasteiger partial charge in [0.25, 0.3) is 0 Å². The molecule has 1 unspecified atom stereocenters. The summed E-state index contributed by atoms with van der Waals surface area (Å²) in [5.41, 5.74) is 0.510. The number of nitrogens with zero attached hydrogens (tertiary/aromatic N) is 1. The van der Waals surface area contributed by atoms with Gasteiger partial charge in [-0.1, -0.05) is 31.5 Å². The molecule has 1 N–H and O–H groups in total. The molecule has 18 heavy (non-hydrogen) atoms. The van der Waals surface area contributed by atoms with Crippen molar-refractivity contribution in [2.45, 2.75) is 13.8 Å². The summed E-state index contributed by atoms with van der Waals surface area (Å²) in [4.78, 5) is 25.3. The first-order chi connectivity index (χ1) is 8.50. The summed E-state index contributed by atoms with van der Waals surface area (Å²) >= 11 is 5.89. The van der Waals surface area contributed by atoms with Crippen LogP contribution in [0.2, 0.25) is 5.02 Å². The zero-order valence-corrected chi connectivity index (χ0v) is 11.1. The second-order valence-electron chi connectivity index (χ2n) is 4.69.